The van der Waals surface area contributed by atoms with Gasteiger partial charge in [-0.05, 0) is 42.7 Å². The maximum absolute atomic E-state index is 11.9. The first kappa shape index (κ1) is 16.3. The van der Waals surface area contributed by atoms with Crippen molar-refractivity contribution in [2.45, 2.75) is 43.7 Å². The first-order valence-electron chi connectivity index (χ1n) is 7.45. The predicted molar refractivity (Wildman–Crippen MR) is 90.8 cm³/mol. The summed E-state index contributed by atoms with van der Waals surface area (Å²) in [5.41, 5.74) is 2.79. The normalized spacial score (nSPS) is 15.7. The summed E-state index contributed by atoms with van der Waals surface area (Å²) in [4.78, 5) is 2.66. The van der Waals surface area contributed by atoms with Crippen molar-refractivity contribution in [3.05, 3.63) is 29.2 Å². The lowest BCUT2D eigenvalue weighted by Gasteiger charge is -2.20. The number of fused-ring (bicyclic) bond motifs is 1. The molecule has 0 N–H and O–H groups in total. The number of rotatable bonds is 7. The van der Waals surface area contributed by atoms with Crippen LogP contribution in [0.2, 0.25) is 12.1 Å². The highest BCUT2D eigenvalue weighted by Gasteiger charge is 2.25. The number of hydrogen-bond donors (Lipinski definition) is 0. The molecule has 5 heteroatoms. The fourth-order valence-corrected chi connectivity index (χ4v) is 5.06. The van der Waals surface area contributed by atoms with Gasteiger partial charge in [0.2, 0.25) is 9.84 Å². The van der Waals surface area contributed by atoms with E-state index in [0.717, 1.165) is 32.9 Å². The molecule has 0 bridgehead atoms. The molecule has 2 radical (unpaired) electrons. The van der Waals surface area contributed by atoms with Gasteiger partial charge in [-0.15, -0.1) is 0 Å². The lowest BCUT2D eigenvalue weighted by Crippen LogP contribution is -2.19. The Morgan fingerprint density at radius 2 is 2.00 bits per heavy atom. The summed E-state index contributed by atoms with van der Waals surface area (Å²) < 4.78 is 23.9. The van der Waals surface area contributed by atoms with Crippen molar-refractivity contribution in [3.8, 4) is 0 Å². The van der Waals surface area contributed by atoms with Gasteiger partial charge in [-0.1, -0.05) is 25.4 Å². The Bertz CT molecular complexity index is 638. The molecule has 0 saturated heterocycles. The maximum atomic E-state index is 11.9. The predicted octanol–water partition coefficient (Wildman–Crippen LogP) is 3.61. The summed E-state index contributed by atoms with van der Waals surface area (Å²) in [6.07, 6.45) is 2.47. The van der Waals surface area contributed by atoms with Crippen LogP contribution in [0.3, 0.4) is 0 Å². The summed E-state index contributed by atoms with van der Waals surface area (Å²) in [5, 5.41) is 1.37. The van der Waals surface area contributed by atoms with Crippen LogP contribution in [0.1, 0.15) is 32.3 Å². The third-order valence-electron chi connectivity index (χ3n) is 3.74. The molecule has 0 aromatic heterocycles. The number of nitrogens with zero attached hydrogens (tertiary/aromatic N) is 1. The minimum absolute atomic E-state index is 0.446. The van der Waals surface area contributed by atoms with Crippen molar-refractivity contribution in [3.63, 3.8) is 0 Å². The van der Waals surface area contributed by atoms with Gasteiger partial charge in [-0.3, -0.25) is 0 Å². The lowest BCUT2D eigenvalue weighted by atomic mass is 10.1. The van der Waals surface area contributed by atoms with Crippen LogP contribution in [0.4, 0.5) is 5.69 Å². The first-order chi connectivity index (χ1) is 9.95. The molecule has 1 aromatic rings. The minimum Gasteiger partial charge on any atom is -0.375 e. The van der Waals surface area contributed by atoms with E-state index in [1.165, 1.54) is 30.3 Å². The zero-order valence-electron chi connectivity index (χ0n) is 13.0. The van der Waals surface area contributed by atoms with E-state index in [9.17, 15) is 8.42 Å². The Balaban J connectivity index is 2.03. The molecule has 0 unspecified atom stereocenters. The van der Waals surface area contributed by atoms with Crippen LogP contribution in [0.5, 0.6) is 0 Å². The van der Waals surface area contributed by atoms with Gasteiger partial charge in [0.1, 0.15) is 0 Å². The third-order valence-corrected chi connectivity index (χ3v) is 6.93. The number of anilines is 1. The van der Waals surface area contributed by atoms with Crippen LogP contribution in [0.25, 0.3) is 5.57 Å². The van der Waals surface area contributed by atoms with Gasteiger partial charge in [0.25, 0.3) is 0 Å². The van der Waals surface area contributed by atoms with E-state index >= 15 is 0 Å². The van der Waals surface area contributed by atoms with Gasteiger partial charge in [0.15, 0.2) is 0 Å². The van der Waals surface area contributed by atoms with Gasteiger partial charge >= 0.3 is 0 Å². The highest BCUT2D eigenvalue weighted by Crippen LogP contribution is 2.35. The molecule has 0 amide bonds. The summed E-state index contributed by atoms with van der Waals surface area (Å²) in [6.45, 7) is 5.11. The van der Waals surface area contributed by atoms with Gasteiger partial charge in [-0.2, -0.15) is 0 Å². The van der Waals surface area contributed by atoms with Gasteiger partial charge in [0, 0.05) is 34.2 Å². The molecule has 0 aliphatic carbocycles. The molecular formula is C16H23NO2SSi. The second-order valence-electron chi connectivity index (χ2n) is 5.55. The Hall–Kier alpha value is -1.07. The molecule has 0 saturated carbocycles. The largest absolute Gasteiger partial charge is 0.375 e. The molecule has 1 aliphatic heterocycles. The van der Waals surface area contributed by atoms with E-state index in [0.29, 0.717) is 4.90 Å². The second kappa shape index (κ2) is 6.79. The number of benzene rings is 1. The first-order valence-corrected chi connectivity index (χ1v) is 10.4. The van der Waals surface area contributed by atoms with E-state index in [1.807, 2.05) is 19.1 Å². The average molecular weight is 322 g/mol. The van der Waals surface area contributed by atoms with E-state index in [-0.39, 0.29) is 0 Å². The fourth-order valence-electron chi connectivity index (χ4n) is 2.54. The van der Waals surface area contributed by atoms with Crippen LogP contribution < -0.4 is 4.90 Å². The monoisotopic (exact) mass is 321 g/mol. The van der Waals surface area contributed by atoms with Crippen molar-refractivity contribution in [1.29, 1.82) is 0 Å². The molecular weight excluding hydrogens is 298 g/mol. The molecule has 1 aromatic carbocycles. The van der Waals surface area contributed by atoms with Crippen LogP contribution in [-0.4, -0.2) is 31.5 Å². The third kappa shape index (κ3) is 3.77. The van der Waals surface area contributed by atoms with Crippen molar-refractivity contribution >= 4 is 30.6 Å². The summed E-state index contributed by atoms with van der Waals surface area (Å²) in [6, 6.07) is 8.28. The Morgan fingerprint density at radius 1 is 1.24 bits per heavy atom. The smallest absolute Gasteiger partial charge is 0.200 e. The molecule has 1 heterocycles. The Morgan fingerprint density at radius 3 is 2.71 bits per heavy atom. The van der Waals surface area contributed by atoms with Gasteiger partial charge in [-0.25, -0.2) is 8.42 Å². The molecule has 0 spiro atoms. The van der Waals surface area contributed by atoms with E-state index in [2.05, 4.69) is 18.9 Å². The van der Waals surface area contributed by atoms with Crippen LogP contribution in [0, 0.1) is 0 Å². The SMILES string of the molecule is CCC[Si]CCCN(C)c1ccc2c(c1)C(C)=CS2(=O)=O. The highest BCUT2D eigenvalue weighted by atomic mass is 32.2. The summed E-state index contributed by atoms with van der Waals surface area (Å²) in [5.74, 6) is 0. The summed E-state index contributed by atoms with van der Waals surface area (Å²) in [7, 11) is -0.0589. The molecule has 3 nitrogen and oxygen atoms in total. The van der Waals surface area contributed by atoms with Gasteiger partial charge < -0.3 is 4.90 Å². The number of allylic oxidation sites excluding steroid dienone is 1. The molecule has 2 rings (SSSR count). The fraction of sp³-hybridized carbons (Fsp3) is 0.500. The second-order valence-corrected chi connectivity index (χ2v) is 8.82. The molecule has 21 heavy (non-hydrogen) atoms. The zero-order chi connectivity index (χ0) is 15.5. The number of hydrogen-bond acceptors (Lipinski definition) is 3. The average Bonchev–Trinajstić information content (AvgIpc) is 2.68. The number of sulfone groups is 1. The Kier molecular flexibility index (Phi) is 5.27. The molecule has 1 aliphatic rings. The molecule has 0 atom stereocenters. The van der Waals surface area contributed by atoms with Crippen LogP contribution in [-0.2, 0) is 9.84 Å². The highest BCUT2D eigenvalue weighted by molar-refractivity contribution is 7.95. The van der Waals surface area contributed by atoms with Gasteiger partial charge in [0.05, 0.1) is 4.90 Å². The zero-order valence-corrected chi connectivity index (χ0v) is 14.8. The topological polar surface area (TPSA) is 37.4 Å². The van der Waals surface area contributed by atoms with E-state index in [4.69, 9.17) is 0 Å². The quantitative estimate of drug-likeness (QED) is 0.569. The van der Waals surface area contributed by atoms with Crippen molar-refractivity contribution in [1.82, 2.24) is 0 Å². The van der Waals surface area contributed by atoms with Crippen molar-refractivity contribution in [2.75, 3.05) is 18.5 Å². The van der Waals surface area contributed by atoms with E-state index < -0.39 is 9.84 Å². The lowest BCUT2D eigenvalue weighted by molar-refractivity contribution is 0.605. The molecule has 0 fully saturated rings. The maximum Gasteiger partial charge on any atom is 0.200 e. The summed E-state index contributed by atoms with van der Waals surface area (Å²) >= 11 is 0. The van der Waals surface area contributed by atoms with Crippen LogP contribution >= 0.6 is 0 Å². The van der Waals surface area contributed by atoms with E-state index in [1.54, 1.807) is 6.07 Å². The standard InChI is InChI=1S/C16H23NO2SSi/c1-4-9-21-10-5-8-17(3)14-6-7-16-15(11-14)13(2)12-20(16,18)19/h6-7,11-12H,4-5,8-10H2,1-3H3. The Labute approximate surface area is 130 Å². The minimum atomic E-state index is -3.20. The van der Waals surface area contributed by atoms with Crippen molar-refractivity contribution in [2.24, 2.45) is 0 Å². The van der Waals surface area contributed by atoms with Crippen LogP contribution in [0.15, 0.2) is 28.5 Å². The van der Waals surface area contributed by atoms with Crippen molar-refractivity contribution < 1.29 is 8.42 Å². The molecule has 114 valence electrons.